The van der Waals surface area contributed by atoms with E-state index in [0.717, 1.165) is 15.9 Å². The zero-order valence-corrected chi connectivity index (χ0v) is 17.9. The summed E-state index contributed by atoms with van der Waals surface area (Å²) in [5.74, 6) is 0.267. The first-order valence-corrected chi connectivity index (χ1v) is 10.3. The molecule has 156 valence electrons. The van der Waals surface area contributed by atoms with Crippen LogP contribution >= 0.6 is 11.8 Å². The topological polar surface area (TPSA) is 73.8 Å². The van der Waals surface area contributed by atoms with Crippen LogP contribution in [0.25, 0.3) is 17.0 Å². The lowest BCUT2D eigenvalue weighted by atomic mass is 9.87. The van der Waals surface area contributed by atoms with E-state index in [-0.39, 0.29) is 11.1 Å². The van der Waals surface area contributed by atoms with E-state index < -0.39 is 12.2 Å². The lowest BCUT2D eigenvalue weighted by Crippen LogP contribution is -2.10. The number of hydrogen-bond donors (Lipinski definition) is 0. The quantitative estimate of drug-likeness (QED) is 0.454. The Morgan fingerprint density at radius 2 is 1.70 bits per heavy atom. The van der Waals surface area contributed by atoms with Crippen molar-refractivity contribution in [2.24, 2.45) is 0 Å². The Morgan fingerprint density at radius 3 is 2.33 bits per heavy atom. The predicted molar refractivity (Wildman–Crippen MR) is 110 cm³/mol. The van der Waals surface area contributed by atoms with Gasteiger partial charge in [0.25, 0.3) is 6.43 Å². The molecule has 10 heteroatoms. The Kier molecular flexibility index (Phi) is 5.27. The van der Waals surface area contributed by atoms with Crippen molar-refractivity contribution in [2.75, 3.05) is 0 Å². The zero-order chi connectivity index (χ0) is 21.5. The van der Waals surface area contributed by atoms with E-state index in [1.54, 1.807) is 12.1 Å². The van der Waals surface area contributed by atoms with Gasteiger partial charge in [0.2, 0.25) is 5.82 Å². The molecule has 0 atom stereocenters. The van der Waals surface area contributed by atoms with Crippen LogP contribution in [0, 0.1) is 0 Å². The van der Waals surface area contributed by atoms with Gasteiger partial charge in [-0.2, -0.15) is 9.61 Å². The minimum Gasteiger partial charge on any atom is -0.302 e. The fourth-order valence-electron chi connectivity index (χ4n) is 3.05. The average molecular weight is 430 g/mol. The summed E-state index contributed by atoms with van der Waals surface area (Å²) in [7, 11) is 0. The second-order valence-electron chi connectivity index (χ2n) is 7.78. The SMILES string of the molecule is CCn1c(Sc2ccc3nnc(C(F)F)n3n2)nnc1-c1ccc(C(C)(C)C)cc1. The molecule has 0 bridgehead atoms. The molecule has 4 aromatic rings. The molecule has 0 aliphatic heterocycles. The number of hydrogen-bond acceptors (Lipinski definition) is 6. The van der Waals surface area contributed by atoms with E-state index in [4.69, 9.17) is 0 Å². The summed E-state index contributed by atoms with van der Waals surface area (Å²) in [6.07, 6.45) is -2.75. The molecule has 0 spiro atoms. The number of halogens is 2. The molecule has 0 aliphatic carbocycles. The lowest BCUT2D eigenvalue weighted by Gasteiger charge is -2.19. The third-order valence-electron chi connectivity index (χ3n) is 4.70. The predicted octanol–water partition coefficient (Wildman–Crippen LogP) is 4.79. The molecule has 0 saturated carbocycles. The van der Waals surface area contributed by atoms with Gasteiger partial charge in [0.1, 0.15) is 5.03 Å². The van der Waals surface area contributed by atoms with Gasteiger partial charge in [-0.1, -0.05) is 45.0 Å². The maximum absolute atomic E-state index is 13.1. The molecule has 0 unspecified atom stereocenters. The van der Waals surface area contributed by atoms with Crippen LogP contribution in [0.15, 0.2) is 46.6 Å². The van der Waals surface area contributed by atoms with Crippen LogP contribution in [-0.2, 0) is 12.0 Å². The van der Waals surface area contributed by atoms with Crippen molar-refractivity contribution >= 4 is 17.4 Å². The van der Waals surface area contributed by atoms with Gasteiger partial charge in [-0.3, -0.25) is 0 Å². The number of nitrogens with zero attached hydrogens (tertiary/aromatic N) is 7. The standard InChI is InChI=1S/C20H21F2N7S/c1-5-28-17(12-6-8-13(9-7-12)20(2,3)4)24-26-19(28)30-15-11-10-14-23-25-18(16(21)22)29(14)27-15/h6-11,16H,5H2,1-4H3. The van der Waals surface area contributed by atoms with Crippen molar-refractivity contribution in [3.63, 3.8) is 0 Å². The number of alkyl halides is 2. The fraction of sp³-hybridized carbons (Fsp3) is 0.350. The summed E-state index contributed by atoms with van der Waals surface area (Å²) >= 11 is 1.26. The van der Waals surface area contributed by atoms with Crippen LogP contribution in [0.4, 0.5) is 8.78 Å². The van der Waals surface area contributed by atoms with E-state index in [9.17, 15) is 8.78 Å². The van der Waals surface area contributed by atoms with Crippen LogP contribution in [-0.4, -0.2) is 34.6 Å². The van der Waals surface area contributed by atoms with Crippen molar-refractivity contribution in [3.8, 4) is 11.4 Å². The van der Waals surface area contributed by atoms with Gasteiger partial charge >= 0.3 is 0 Å². The molecule has 0 saturated heterocycles. The maximum Gasteiger partial charge on any atom is 0.299 e. The minimum absolute atomic E-state index is 0.0710. The molecule has 0 amide bonds. The van der Waals surface area contributed by atoms with Crippen LogP contribution in [0.1, 0.15) is 45.5 Å². The molecule has 4 rings (SSSR count). The molecule has 1 aromatic carbocycles. The molecule has 7 nitrogen and oxygen atoms in total. The molecule has 30 heavy (non-hydrogen) atoms. The number of aromatic nitrogens is 7. The zero-order valence-electron chi connectivity index (χ0n) is 17.0. The molecule has 3 heterocycles. The molecule has 0 aliphatic rings. The normalized spacial score (nSPS) is 12.2. The number of rotatable bonds is 5. The summed E-state index contributed by atoms with van der Waals surface area (Å²) in [4.78, 5) is 0. The molecule has 3 aromatic heterocycles. The van der Waals surface area contributed by atoms with E-state index in [1.807, 2.05) is 23.6 Å². The summed E-state index contributed by atoms with van der Waals surface area (Å²) in [5, 5.41) is 21.3. The monoisotopic (exact) mass is 429 g/mol. The summed E-state index contributed by atoms with van der Waals surface area (Å²) < 4.78 is 29.2. The Bertz CT molecular complexity index is 1180. The number of benzene rings is 1. The van der Waals surface area contributed by atoms with Crippen LogP contribution in [0.3, 0.4) is 0 Å². The first-order valence-electron chi connectivity index (χ1n) is 9.50. The molecular formula is C20H21F2N7S. The van der Waals surface area contributed by atoms with Gasteiger partial charge in [0, 0.05) is 12.1 Å². The molecule has 0 N–H and O–H groups in total. The van der Waals surface area contributed by atoms with E-state index in [0.29, 0.717) is 16.7 Å². The van der Waals surface area contributed by atoms with Crippen molar-refractivity contribution < 1.29 is 8.78 Å². The Balaban J connectivity index is 1.66. The van der Waals surface area contributed by atoms with Crippen LogP contribution in [0.5, 0.6) is 0 Å². The second-order valence-corrected chi connectivity index (χ2v) is 8.77. The minimum atomic E-state index is -2.75. The largest absolute Gasteiger partial charge is 0.302 e. The van der Waals surface area contributed by atoms with Gasteiger partial charge < -0.3 is 4.57 Å². The van der Waals surface area contributed by atoms with Gasteiger partial charge in [0.05, 0.1) is 0 Å². The van der Waals surface area contributed by atoms with Crippen molar-refractivity contribution in [3.05, 3.63) is 47.8 Å². The van der Waals surface area contributed by atoms with Gasteiger partial charge in [-0.05, 0) is 41.8 Å². The highest BCUT2D eigenvalue weighted by molar-refractivity contribution is 7.99. The van der Waals surface area contributed by atoms with E-state index >= 15 is 0 Å². The van der Waals surface area contributed by atoms with E-state index in [2.05, 4.69) is 58.4 Å². The highest BCUT2D eigenvalue weighted by Gasteiger charge is 2.19. The highest BCUT2D eigenvalue weighted by atomic mass is 32.2. The van der Waals surface area contributed by atoms with Crippen molar-refractivity contribution in [2.45, 2.75) is 56.3 Å². The smallest absolute Gasteiger partial charge is 0.299 e. The van der Waals surface area contributed by atoms with E-state index in [1.165, 1.54) is 17.3 Å². The maximum atomic E-state index is 13.1. The average Bonchev–Trinajstić information content (AvgIpc) is 3.31. The summed E-state index contributed by atoms with van der Waals surface area (Å²) in [5.41, 5.74) is 2.55. The first kappa shape index (κ1) is 20.4. The van der Waals surface area contributed by atoms with Crippen molar-refractivity contribution in [1.29, 1.82) is 0 Å². The third-order valence-corrected chi connectivity index (χ3v) is 5.61. The Morgan fingerprint density at radius 1 is 0.967 bits per heavy atom. The molecule has 0 radical (unpaired) electrons. The molecule has 0 fully saturated rings. The first-order chi connectivity index (χ1) is 14.3. The lowest BCUT2D eigenvalue weighted by molar-refractivity contribution is 0.137. The molecular weight excluding hydrogens is 408 g/mol. The summed E-state index contributed by atoms with van der Waals surface area (Å²) in [6, 6.07) is 11.6. The van der Waals surface area contributed by atoms with Crippen molar-refractivity contribution in [1.82, 2.24) is 34.6 Å². The van der Waals surface area contributed by atoms with Crippen LogP contribution in [0.2, 0.25) is 0 Å². The summed E-state index contributed by atoms with van der Waals surface area (Å²) in [6.45, 7) is 9.17. The second kappa shape index (κ2) is 7.75. The Hall–Kier alpha value is -2.88. The van der Waals surface area contributed by atoms with Gasteiger partial charge in [0.15, 0.2) is 16.6 Å². The highest BCUT2D eigenvalue weighted by Crippen LogP contribution is 2.30. The Labute approximate surface area is 176 Å². The van der Waals surface area contributed by atoms with Gasteiger partial charge in [-0.15, -0.1) is 20.4 Å². The van der Waals surface area contributed by atoms with Crippen LogP contribution < -0.4 is 0 Å². The van der Waals surface area contributed by atoms with Gasteiger partial charge in [-0.25, -0.2) is 8.78 Å². The fourth-order valence-corrected chi connectivity index (χ4v) is 3.91. The number of fused-ring (bicyclic) bond motifs is 1. The third kappa shape index (κ3) is 3.79.